The SMILES string of the molecule is CC(=O)CC(C)=O.[Co].[Fe]. The van der Waals surface area contributed by atoms with Crippen LogP contribution in [0, 0.1) is 0 Å². The summed E-state index contributed by atoms with van der Waals surface area (Å²) in [5.41, 5.74) is 0. The molecule has 0 bridgehead atoms. The summed E-state index contributed by atoms with van der Waals surface area (Å²) in [7, 11) is 0. The topological polar surface area (TPSA) is 34.1 Å². The fourth-order valence-corrected chi connectivity index (χ4v) is 0.351. The molecule has 0 spiro atoms. The van der Waals surface area contributed by atoms with Crippen LogP contribution in [0.5, 0.6) is 0 Å². The molecule has 57 valence electrons. The van der Waals surface area contributed by atoms with Gasteiger partial charge in [-0.25, -0.2) is 0 Å². The summed E-state index contributed by atoms with van der Waals surface area (Å²) in [5.74, 6) is -0.125. The van der Waals surface area contributed by atoms with Crippen molar-refractivity contribution in [3.05, 3.63) is 0 Å². The van der Waals surface area contributed by atoms with Crippen LogP contribution in [0.15, 0.2) is 0 Å². The van der Waals surface area contributed by atoms with E-state index in [2.05, 4.69) is 0 Å². The van der Waals surface area contributed by atoms with Gasteiger partial charge in [0.1, 0.15) is 11.6 Å². The van der Waals surface area contributed by atoms with E-state index in [9.17, 15) is 9.59 Å². The molecule has 0 rings (SSSR count). The average Bonchev–Trinajstić information content (AvgIpc) is 1.27. The number of hydrogen-bond donors (Lipinski definition) is 0. The van der Waals surface area contributed by atoms with Gasteiger partial charge in [0.25, 0.3) is 0 Å². The minimum absolute atomic E-state index is 0. The van der Waals surface area contributed by atoms with Crippen LogP contribution in [-0.4, -0.2) is 11.6 Å². The molecule has 0 aliphatic carbocycles. The third-order valence-electron chi connectivity index (χ3n) is 0.498. The second kappa shape index (κ2) is 8.37. The smallest absolute Gasteiger partial charge is 0.137 e. The van der Waals surface area contributed by atoms with E-state index >= 15 is 0 Å². The molecule has 0 aromatic rings. The molecule has 0 amide bonds. The maximum absolute atomic E-state index is 10.0. The molecule has 0 saturated carbocycles. The number of hydrogen-bond acceptors (Lipinski definition) is 2. The average molecular weight is 215 g/mol. The molecule has 0 aliphatic heterocycles. The molecule has 0 aliphatic rings. The first kappa shape index (κ1) is 16.2. The Morgan fingerprint density at radius 1 is 1.11 bits per heavy atom. The summed E-state index contributed by atoms with van der Waals surface area (Å²) in [4.78, 5) is 20.1. The second-order valence-corrected chi connectivity index (χ2v) is 1.58. The Balaban J connectivity index is -0.000000180. The number of rotatable bonds is 2. The molecule has 0 heterocycles. The van der Waals surface area contributed by atoms with Gasteiger partial charge in [0.15, 0.2) is 0 Å². The number of ketones is 2. The van der Waals surface area contributed by atoms with Crippen molar-refractivity contribution in [3.8, 4) is 0 Å². The van der Waals surface area contributed by atoms with Gasteiger partial charge in [-0.2, -0.15) is 0 Å². The summed E-state index contributed by atoms with van der Waals surface area (Å²) >= 11 is 0. The minimum Gasteiger partial charge on any atom is -0.300 e. The Morgan fingerprint density at radius 3 is 1.33 bits per heavy atom. The molecular weight excluding hydrogens is 207 g/mol. The van der Waals surface area contributed by atoms with E-state index < -0.39 is 0 Å². The summed E-state index contributed by atoms with van der Waals surface area (Å²) in [6.45, 7) is 2.81. The fourth-order valence-electron chi connectivity index (χ4n) is 0.351. The summed E-state index contributed by atoms with van der Waals surface area (Å²) in [6, 6.07) is 0. The van der Waals surface area contributed by atoms with Gasteiger partial charge < -0.3 is 0 Å². The van der Waals surface area contributed by atoms with Crippen molar-refractivity contribution in [1.82, 2.24) is 0 Å². The van der Waals surface area contributed by atoms with Gasteiger partial charge in [-0.05, 0) is 13.8 Å². The standard InChI is InChI=1S/C5H8O2.Co.Fe/c1-4(6)3-5(2)7;;/h3H2,1-2H3;;. The van der Waals surface area contributed by atoms with Crippen LogP contribution in [0.4, 0.5) is 0 Å². The van der Waals surface area contributed by atoms with Crippen molar-refractivity contribution in [2.45, 2.75) is 20.3 Å². The van der Waals surface area contributed by atoms with Crippen LogP contribution in [0.3, 0.4) is 0 Å². The van der Waals surface area contributed by atoms with Gasteiger partial charge in [-0.15, -0.1) is 0 Å². The van der Waals surface area contributed by atoms with Gasteiger partial charge >= 0.3 is 0 Å². The fraction of sp³-hybridized carbons (Fsp3) is 0.600. The molecule has 4 heteroatoms. The maximum atomic E-state index is 10.0. The van der Waals surface area contributed by atoms with E-state index in [0.29, 0.717) is 0 Å². The molecule has 0 aromatic carbocycles. The summed E-state index contributed by atoms with van der Waals surface area (Å²) < 4.78 is 0. The van der Waals surface area contributed by atoms with E-state index in [1.165, 1.54) is 13.8 Å². The first-order valence-corrected chi connectivity index (χ1v) is 2.12. The Kier molecular flexibility index (Phi) is 15.0. The van der Waals surface area contributed by atoms with E-state index in [1.54, 1.807) is 0 Å². The third kappa shape index (κ3) is 17.8. The molecule has 0 saturated heterocycles. The molecule has 2 nitrogen and oxygen atoms in total. The number of Topliss-reactive ketones (excluding diaryl/α,β-unsaturated/α-hetero) is 2. The summed E-state index contributed by atoms with van der Waals surface area (Å²) in [6.07, 6.45) is 0.0833. The largest absolute Gasteiger partial charge is 0.300 e. The first-order valence-electron chi connectivity index (χ1n) is 2.12. The first-order chi connectivity index (χ1) is 3.13. The normalized spacial score (nSPS) is 6.44. The molecule has 9 heavy (non-hydrogen) atoms. The molecule has 0 N–H and O–H groups in total. The van der Waals surface area contributed by atoms with Crippen LogP contribution < -0.4 is 0 Å². The van der Waals surface area contributed by atoms with Crippen molar-refractivity contribution in [3.63, 3.8) is 0 Å². The zero-order valence-corrected chi connectivity index (χ0v) is 7.36. The summed E-state index contributed by atoms with van der Waals surface area (Å²) in [5, 5.41) is 0. The quantitative estimate of drug-likeness (QED) is 0.497. The Bertz CT molecular complexity index is 91.1. The Hall–Kier alpha value is 0.366. The minimum atomic E-state index is -0.0625. The van der Waals surface area contributed by atoms with E-state index in [-0.39, 0.29) is 51.8 Å². The van der Waals surface area contributed by atoms with Gasteiger partial charge in [0.2, 0.25) is 0 Å². The monoisotopic (exact) mass is 215 g/mol. The van der Waals surface area contributed by atoms with Crippen molar-refractivity contribution in [2.24, 2.45) is 0 Å². The van der Waals surface area contributed by atoms with Crippen molar-refractivity contribution >= 4 is 11.6 Å². The van der Waals surface area contributed by atoms with Gasteiger partial charge in [-0.3, -0.25) is 9.59 Å². The predicted octanol–water partition coefficient (Wildman–Crippen LogP) is 0.549. The van der Waals surface area contributed by atoms with E-state index in [0.717, 1.165) is 0 Å². The second-order valence-electron chi connectivity index (χ2n) is 1.58. The van der Waals surface area contributed by atoms with Crippen molar-refractivity contribution in [2.75, 3.05) is 0 Å². The number of carbonyl (C=O) groups is 2. The van der Waals surface area contributed by atoms with Gasteiger partial charge in [0.05, 0.1) is 6.42 Å². The third-order valence-corrected chi connectivity index (χ3v) is 0.498. The Morgan fingerprint density at radius 2 is 1.33 bits per heavy atom. The molecule has 0 aromatic heterocycles. The Labute approximate surface area is 75.4 Å². The molecule has 0 unspecified atom stereocenters. The van der Waals surface area contributed by atoms with Gasteiger partial charge in [0, 0.05) is 33.8 Å². The maximum Gasteiger partial charge on any atom is 0.137 e. The van der Waals surface area contributed by atoms with Crippen LogP contribution >= 0.6 is 0 Å². The van der Waals surface area contributed by atoms with Gasteiger partial charge in [-0.1, -0.05) is 0 Å². The van der Waals surface area contributed by atoms with E-state index in [1.807, 2.05) is 0 Å². The zero-order chi connectivity index (χ0) is 5.86. The predicted molar refractivity (Wildman–Crippen MR) is 26.0 cm³/mol. The van der Waals surface area contributed by atoms with Crippen molar-refractivity contribution in [1.29, 1.82) is 0 Å². The molecule has 0 atom stereocenters. The van der Waals surface area contributed by atoms with Crippen LogP contribution in [-0.2, 0) is 43.4 Å². The van der Waals surface area contributed by atoms with Crippen LogP contribution in [0.25, 0.3) is 0 Å². The molecule has 0 fully saturated rings. The van der Waals surface area contributed by atoms with Crippen molar-refractivity contribution < 1.29 is 43.4 Å². The molecular formula is C5H8CoFeO2. The van der Waals surface area contributed by atoms with E-state index in [4.69, 9.17) is 0 Å². The molecule has 1 radical (unpaired) electrons. The number of carbonyl (C=O) groups excluding carboxylic acids is 2. The van der Waals surface area contributed by atoms with Crippen LogP contribution in [0.2, 0.25) is 0 Å². The van der Waals surface area contributed by atoms with Crippen LogP contribution in [0.1, 0.15) is 20.3 Å². The zero-order valence-electron chi connectivity index (χ0n) is 5.21.